The van der Waals surface area contributed by atoms with Crippen molar-refractivity contribution in [3.05, 3.63) is 42.1 Å². The fourth-order valence-electron chi connectivity index (χ4n) is 1.63. The molecule has 17 heavy (non-hydrogen) atoms. The molecule has 0 aromatic carbocycles. The van der Waals surface area contributed by atoms with E-state index >= 15 is 0 Å². The number of rotatable bonds is 5. The Balaban J connectivity index is 1.96. The molecule has 2 heterocycles. The van der Waals surface area contributed by atoms with Gasteiger partial charge in [-0.05, 0) is 18.2 Å². The first-order chi connectivity index (χ1) is 8.29. The van der Waals surface area contributed by atoms with Crippen LogP contribution >= 0.6 is 0 Å². The minimum absolute atomic E-state index is 0.373. The highest BCUT2D eigenvalue weighted by molar-refractivity contribution is 5.36. The first-order valence-electron chi connectivity index (χ1n) is 5.65. The van der Waals surface area contributed by atoms with Gasteiger partial charge in [0.1, 0.15) is 11.6 Å². The van der Waals surface area contributed by atoms with Crippen LogP contribution in [0, 0.1) is 0 Å². The molecule has 0 bridgehead atoms. The third-order valence-electron chi connectivity index (χ3n) is 2.64. The minimum atomic E-state index is 0.373. The number of hydrogen-bond donors (Lipinski definition) is 2. The molecule has 2 aromatic rings. The second-order valence-electron chi connectivity index (χ2n) is 3.90. The van der Waals surface area contributed by atoms with Gasteiger partial charge in [0, 0.05) is 38.1 Å². The summed E-state index contributed by atoms with van der Waals surface area (Å²) in [5.74, 6) is 1.58. The summed E-state index contributed by atoms with van der Waals surface area (Å²) in [4.78, 5) is 13.7. The number of anilines is 1. The Hall–Kier alpha value is -1.88. The number of aromatic amines is 1. The second kappa shape index (κ2) is 5.45. The van der Waals surface area contributed by atoms with Crippen molar-refractivity contribution in [1.29, 1.82) is 0 Å². The number of likely N-dealkylation sites (N-methyl/N-ethyl adjacent to an activating group) is 1. The van der Waals surface area contributed by atoms with Crippen molar-refractivity contribution in [2.24, 2.45) is 5.73 Å². The summed E-state index contributed by atoms with van der Waals surface area (Å²) < 4.78 is 0. The Bertz CT molecular complexity index is 452. The molecule has 0 saturated heterocycles. The van der Waals surface area contributed by atoms with Crippen LogP contribution in [0.2, 0.25) is 0 Å². The van der Waals surface area contributed by atoms with Gasteiger partial charge in [-0.15, -0.1) is 0 Å². The number of hydrogen-bond acceptors (Lipinski definition) is 4. The molecular weight excluding hydrogens is 214 g/mol. The van der Waals surface area contributed by atoms with Gasteiger partial charge in [-0.25, -0.2) is 9.97 Å². The smallest absolute Gasteiger partial charge is 0.144 e. The van der Waals surface area contributed by atoms with Crippen LogP contribution in [0.4, 0.5) is 5.82 Å². The highest BCUT2D eigenvalue weighted by atomic mass is 15.2. The summed E-state index contributed by atoms with van der Waals surface area (Å²) in [5.41, 5.74) is 6.75. The molecule has 5 nitrogen and oxygen atoms in total. The lowest BCUT2D eigenvalue weighted by atomic mass is 10.3. The van der Waals surface area contributed by atoms with Gasteiger partial charge in [-0.1, -0.05) is 0 Å². The fourth-order valence-corrected chi connectivity index (χ4v) is 1.63. The second-order valence-corrected chi connectivity index (χ2v) is 3.90. The van der Waals surface area contributed by atoms with E-state index in [0.29, 0.717) is 12.4 Å². The van der Waals surface area contributed by atoms with Crippen LogP contribution in [0.15, 0.2) is 30.6 Å². The van der Waals surface area contributed by atoms with Crippen molar-refractivity contribution in [1.82, 2.24) is 15.0 Å². The largest absolute Gasteiger partial charge is 0.365 e. The Kier molecular flexibility index (Phi) is 3.72. The van der Waals surface area contributed by atoms with Gasteiger partial charge in [-0.3, -0.25) is 0 Å². The van der Waals surface area contributed by atoms with E-state index in [1.54, 1.807) is 6.20 Å². The minimum Gasteiger partial charge on any atom is -0.365 e. The molecule has 2 aromatic heterocycles. The summed E-state index contributed by atoms with van der Waals surface area (Å²) in [6.07, 6.45) is 4.65. The summed E-state index contributed by atoms with van der Waals surface area (Å²) in [6.45, 7) is 1.28. The van der Waals surface area contributed by atoms with E-state index in [1.807, 2.05) is 25.4 Å². The van der Waals surface area contributed by atoms with Gasteiger partial charge < -0.3 is 15.6 Å². The number of H-pyrrole nitrogens is 1. The van der Waals surface area contributed by atoms with Gasteiger partial charge in [0.2, 0.25) is 0 Å². The highest BCUT2D eigenvalue weighted by Gasteiger charge is 2.04. The molecular formula is C12H17N5. The van der Waals surface area contributed by atoms with Crippen molar-refractivity contribution in [3.8, 4) is 0 Å². The van der Waals surface area contributed by atoms with E-state index in [9.17, 15) is 0 Å². The standard InChI is InChI=1S/C12H17N5/c1-17(8-5-10-3-2-6-14-10)12-4-7-15-11(9-13)16-12/h2-4,6-7,14H,5,8-9,13H2,1H3. The lowest BCUT2D eigenvalue weighted by Crippen LogP contribution is -2.22. The number of nitrogens with zero attached hydrogens (tertiary/aromatic N) is 3. The van der Waals surface area contributed by atoms with E-state index in [1.165, 1.54) is 5.69 Å². The topological polar surface area (TPSA) is 70.8 Å². The summed E-state index contributed by atoms with van der Waals surface area (Å²) in [6, 6.07) is 5.99. The van der Waals surface area contributed by atoms with Crippen molar-refractivity contribution in [2.45, 2.75) is 13.0 Å². The van der Waals surface area contributed by atoms with Gasteiger partial charge in [0.25, 0.3) is 0 Å². The Morgan fingerprint density at radius 3 is 3.00 bits per heavy atom. The van der Waals surface area contributed by atoms with E-state index in [2.05, 4.69) is 25.9 Å². The first-order valence-corrected chi connectivity index (χ1v) is 5.65. The molecule has 0 radical (unpaired) electrons. The Labute approximate surface area is 101 Å². The Morgan fingerprint density at radius 1 is 1.41 bits per heavy atom. The molecule has 90 valence electrons. The average Bonchev–Trinajstić information content (AvgIpc) is 2.89. The van der Waals surface area contributed by atoms with Gasteiger partial charge in [-0.2, -0.15) is 0 Å². The van der Waals surface area contributed by atoms with Crippen molar-refractivity contribution in [2.75, 3.05) is 18.5 Å². The number of nitrogens with one attached hydrogen (secondary N) is 1. The van der Waals surface area contributed by atoms with Crippen LogP contribution < -0.4 is 10.6 Å². The predicted molar refractivity (Wildman–Crippen MR) is 67.7 cm³/mol. The SMILES string of the molecule is CN(CCc1ccc[nH]1)c1ccnc(CN)n1. The molecule has 0 aliphatic rings. The van der Waals surface area contributed by atoms with E-state index in [-0.39, 0.29) is 0 Å². The average molecular weight is 231 g/mol. The molecule has 3 N–H and O–H groups in total. The monoisotopic (exact) mass is 231 g/mol. The summed E-state index contributed by atoms with van der Waals surface area (Å²) in [7, 11) is 2.02. The summed E-state index contributed by atoms with van der Waals surface area (Å²) >= 11 is 0. The summed E-state index contributed by atoms with van der Waals surface area (Å²) in [5, 5.41) is 0. The third kappa shape index (κ3) is 3.04. The normalized spacial score (nSPS) is 10.5. The lowest BCUT2D eigenvalue weighted by molar-refractivity contribution is 0.821. The molecule has 0 spiro atoms. The van der Waals surface area contributed by atoms with Gasteiger partial charge in [0.15, 0.2) is 0 Å². The maximum atomic E-state index is 5.52. The van der Waals surface area contributed by atoms with Crippen LogP contribution in [0.1, 0.15) is 11.5 Å². The van der Waals surface area contributed by atoms with E-state index in [4.69, 9.17) is 5.73 Å². The molecule has 2 rings (SSSR count). The quantitative estimate of drug-likeness (QED) is 0.803. The van der Waals surface area contributed by atoms with Crippen LogP contribution in [0.25, 0.3) is 0 Å². The maximum absolute atomic E-state index is 5.52. The zero-order valence-corrected chi connectivity index (χ0v) is 9.93. The van der Waals surface area contributed by atoms with Crippen LogP contribution in [0.5, 0.6) is 0 Å². The van der Waals surface area contributed by atoms with Crippen molar-refractivity contribution >= 4 is 5.82 Å². The molecule has 0 aliphatic heterocycles. The fraction of sp³-hybridized carbons (Fsp3) is 0.333. The molecule has 0 unspecified atom stereocenters. The van der Waals surface area contributed by atoms with E-state index in [0.717, 1.165) is 18.8 Å². The predicted octanol–water partition coefficient (Wildman–Crippen LogP) is 0.942. The molecule has 0 saturated carbocycles. The molecule has 0 atom stereocenters. The molecule has 0 amide bonds. The number of nitrogens with two attached hydrogens (primary N) is 1. The van der Waals surface area contributed by atoms with Crippen LogP contribution in [0.3, 0.4) is 0 Å². The van der Waals surface area contributed by atoms with E-state index < -0.39 is 0 Å². The Morgan fingerprint density at radius 2 is 2.29 bits per heavy atom. The third-order valence-corrected chi connectivity index (χ3v) is 2.64. The van der Waals surface area contributed by atoms with Crippen molar-refractivity contribution in [3.63, 3.8) is 0 Å². The zero-order chi connectivity index (χ0) is 12.1. The van der Waals surface area contributed by atoms with Crippen LogP contribution in [-0.2, 0) is 13.0 Å². The van der Waals surface area contributed by atoms with Gasteiger partial charge in [0.05, 0.1) is 6.54 Å². The van der Waals surface area contributed by atoms with Crippen molar-refractivity contribution < 1.29 is 0 Å². The molecule has 5 heteroatoms. The zero-order valence-electron chi connectivity index (χ0n) is 9.93. The molecule has 0 fully saturated rings. The first kappa shape index (κ1) is 11.6. The maximum Gasteiger partial charge on any atom is 0.144 e. The number of aromatic nitrogens is 3. The van der Waals surface area contributed by atoms with Gasteiger partial charge >= 0.3 is 0 Å². The molecule has 0 aliphatic carbocycles. The highest BCUT2D eigenvalue weighted by Crippen LogP contribution is 2.08. The van der Waals surface area contributed by atoms with Crippen LogP contribution in [-0.4, -0.2) is 28.5 Å². The lowest BCUT2D eigenvalue weighted by Gasteiger charge is -2.17.